The first-order valence-electron chi connectivity index (χ1n) is 10.4. The molecule has 0 radical (unpaired) electrons. The molecule has 0 aromatic heterocycles. The van der Waals surface area contributed by atoms with Crippen molar-refractivity contribution in [3.8, 4) is 0 Å². The van der Waals surface area contributed by atoms with Gasteiger partial charge in [0.1, 0.15) is 5.82 Å². The molecule has 1 amide bonds. The fraction of sp³-hybridized carbons (Fsp3) is 0.417. The SMILES string of the molecule is CC(=O)c1ccc(N2CCN(C(=O)CN(C)C(C)c3ccc(C)cc3)CC2)c(F)c1. The van der Waals surface area contributed by atoms with Crippen molar-refractivity contribution >= 4 is 17.4 Å². The number of likely N-dealkylation sites (N-methyl/N-ethyl adjacent to an activating group) is 1. The summed E-state index contributed by atoms with van der Waals surface area (Å²) in [5, 5.41) is 0. The van der Waals surface area contributed by atoms with Crippen LogP contribution in [0.5, 0.6) is 0 Å². The zero-order chi connectivity index (χ0) is 21.8. The Morgan fingerprint density at radius 3 is 2.27 bits per heavy atom. The lowest BCUT2D eigenvalue weighted by molar-refractivity contribution is -0.132. The number of anilines is 1. The number of carbonyl (C=O) groups is 2. The van der Waals surface area contributed by atoms with Crippen molar-refractivity contribution in [3.05, 3.63) is 65.0 Å². The van der Waals surface area contributed by atoms with Gasteiger partial charge in [-0.25, -0.2) is 4.39 Å². The molecule has 1 aliphatic heterocycles. The van der Waals surface area contributed by atoms with Gasteiger partial charge in [-0.05, 0) is 51.6 Å². The van der Waals surface area contributed by atoms with Crippen LogP contribution in [0.25, 0.3) is 0 Å². The van der Waals surface area contributed by atoms with Crippen molar-refractivity contribution in [3.63, 3.8) is 0 Å². The maximum atomic E-state index is 14.4. The molecule has 1 atom stereocenters. The summed E-state index contributed by atoms with van der Waals surface area (Å²) in [7, 11) is 1.96. The molecule has 2 aromatic rings. The van der Waals surface area contributed by atoms with E-state index in [1.165, 1.54) is 24.1 Å². The van der Waals surface area contributed by atoms with Crippen molar-refractivity contribution in [2.75, 3.05) is 44.7 Å². The molecule has 0 saturated carbocycles. The number of hydrogen-bond donors (Lipinski definition) is 0. The minimum absolute atomic E-state index is 0.0866. The molecule has 3 rings (SSSR count). The molecule has 0 aliphatic carbocycles. The molecule has 160 valence electrons. The lowest BCUT2D eigenvalue weighted by Gasteiger charge is -2.37. The van der Waals surface area contributed by atoms with Crippen LogP contribution in [0.3, 0.4) is 0 Å². The quantitative estimate of drug-likeness (QED) is 0.681. The van der Waals surface area contributed by atoms with Gasteiger partial charge in [-0.15, -0.1) is 0 Å². The number of Topliss-reactive ketones (excluding diaryl/α,β-unsaturated/α-hetero) is 1. The lowest BCUT2D eigenvalue weighted by atomic mass is 10.1. The van der Waals surface area contributed by atoms with Crippen LogP contribution in [0, 0.1) is 12.7 Å². The molecule has 30 heavy (non-hydrogen) atoms. The van der Waals surface area contributed by atoms with Crippen molar-refractivity contribution in [2.24, 2.45) is 0 Å². The third-order valence-electron chi connectivity index (χ3n) is 5.93. The second-order valence-electron chi connectivity index (χ2n) is 8.09. The van der Waals surface area contributed by atoms with Crippen LogP contribution < -0.4 is 4.90 Å². The number of amides is 1. The number of rotatable bonds is 6. The van der Waals surface area contributed by atoms with Gasteiger partial charge in [-0.1, -0.05) is 29.8 Å². The Kier molecular flexibility index (Phi) is 6.87. The van der Waals surface area contributed by atoms with Crippen LogP contribution in [0.15, 0.2) is 42.5 Å². The van der Waals surface area contributed by atoms with Crippen LogP contribution in [-0.4, -0.2) is 61.3 Å². The van der Waals surface area contributed by atoms with Crippen molar-refractivity contribution in [1.82, 2.24) is 9.80 Å². The van der Waals surface area contributed by atoms with E-state index in [2.05, 4.69) is 43.0 Å². The molecule has 0 bridgehead atoms. The van der Waals surface area contributed by atoms with E-state index >= 15 is 0 Å². The summed E-state index contributed by atoms with van der Waals surface area (Å²) in [4.78, 5) is 30.0. The average Bonchev–Trinajstić information content (AvgIpc) is 2.73. The molecular weight excluding hydrogens is 381 g/mol. The minimum Gasteiger partial charge on any atom is -0.366 e. The zero-order valence-corrected chi connectivity index (χ0v) is 18.2. The first-order chi connectivity index (χ1) is 14.3. The van der Waals surface area contributed by atoms with Gasteiger partial charge in [0.05, 0.1) is 12.2 Å². The number of carbonyl (C=O) groups excluding carboxylic acids is 2. The summed E-state index contributed by atoms with van der Waals surface area (Å²) in [6, 6.07) is 13.1. The number of nitrogens with zero attached hydrogens (tertiary/aromatic N) is 3. The van der Waals surface area contributed by atoms with Crippen LogP contribution in [-0.2, 0) is 4.79 Å². The first-order valence-corrected chi connectivity index (χ1v) is 10.4. The van der Waals surface area contributed by atoms with E-state index in [4.69, 9.17) is 0 Å². The van der Waals surface area contributed by atoms with E-state index in [9.17, 15) is 14.0 Å². The van der Waals surface area contributed by atoms with Crippen LogP contribution in [0.1, 0.15) is 41.4 Å². The summed E-state index contributed by atoms with van der Waals surface area (Å²) < 4.78 is 14.4. The molecule has 1 heterocycles. The van der Waals surface area contributed by atoms with Crippen molar-refractivity contribution in [1.29, 1.82) is 0 Å². The number of ketones is 1. The van der Waals surface area contributed by atoms with E-state index in [0.717, 1.165) is 0 Å². The van der Waals surface area contributed by atoms with E-state index in [0.29, 0.717) is 44.0 Å². The van der Waals surface area contributed by atoms with Gasteiger partial charge >= 0.3 is 0 Å². The Labute approximate surface area is 178 Å². The first kappa shape index (κ1) is 22.0. The van der Waals surface area contributed by atoms with Gasteiger partial charge in [0.15, 0.2) is 5.78 Å². The second-order valence-corrected chi connectivity index (χ2v) is 8.09. The molecular formula is C24H30FN3O2. The maximum Gasteiger partial charge on any atom is 0.236 e. The van der Waals surface area contributed by atoms with Crippen LogP contribution in [0.2, 0.25) is 0 Å². The molecule has 2 aromatic carbocycles. The standard InChI is InChI=1S/C24H30FN3O2/c1-17-5-7-20(8-6-17)18(2)26(4)16-24(30)28-13-11-27(12-14-28)23-10-9-21(19(3)29)15-22(23)25/h5-10,15,18H,11-14,16H2,1-4H3. The summed E-state index contributed by atoms with van der Waals surface area (Å²) in [6.07, 6.45) is 0. The number of halogens is 1. The fourth-order valence-electron chi connectivity index (χ4n) is 3.73. The Morgan fingerprint density at radius 2 is 1.70 bits per heavy atom. The average molecular weight is 412 g/mol. The third kappa shape index (κ3) is 5.05. The monoisotopic (exact) mass is 411 g/mol. The molecule has 1 saturated heterocycles. The predicted octanol–water partition coefficient (Wildman–Crippen LogP) is 3.68. The summed E-state index contributed by atoms with van der Waals surface area (Å²) in [6.45, 7) is 8.18. The van der Waals surface area contributed by atoms with Gasteiger partial charge in [-0.3, -0.25) is 14.5 Å². The topological polar surface area (TPSA) is 43.9 Å². The Morgan fingerprint density at radius 1 is 1.07 bits per heavy atom. The Bertz CT molecular complexity index is 905. The maximum absolute atomic E-state index is 14.4. The molecule has 0 N–H and O–H groups in total. The number of piperazine rings is 1. The molecule has 1 aliphatic rings. The van der Waals surface area contributed by atoms with Gasteiger partial charge in [0.25, 0.3) is 0 Å². The normalized spacial score (nSPS) is 15.4. The molecule has 5 nitrogen and oxygen atoms in total. The largest absolute Gasteiger partial charge is 0.366 e. The highest BCUT2D eigenvalue weighted by Crippen LogP contribution is 2.23. The van der Waals surface area contributed by atoms with E-state index < -0.39 is 5.82 Å². The molecule has 1 fully saturated rings. The summed E-state index contributed by atoms with van der Waals surface area (Å²) >= 11 is 0. The Hall–Kier alpha value is -2.73. The highest BCUT2D eigenvalue weighted by molar-refractivity contribution is 5.94. The highest BCUT2D eigenvalue weighted by atomic mass is 19.1. The van der Waals surface area contributed by atoms with Gasteiger partial charge in [0, 0.05) is 37.8 Å². The van der Waals surface area contributed by atoms with Gasteiger partial charge in [-0.2, -0.15) is 0 Å². The second kappa shape index (κ2) is 9.39. The fourth-order valence-corrected chi connectivity index (χ4v) is 3.73. The minimum atomic E-state index is -0.394. The zero-order valence-electron chi connectivity index (χ0n) is 18.2. The third-order valence-corrected chi connectivity index (χ3v) is 5.93. The van der Waals surface area contributed by atoms with Crippen LogP contribution in [0.4, 0.5) is 10.1 Å². The Balaban J connectivity index is 1.55. The summed E-state index contributed by atoms with van der Waals surface area (Å²) in [5.74, 6) is -0.461. The lowest BCUT2D eigenvalue weighted by Crippen LogP contribution is -2.51. The number of hydrogen-bond acceptors (Lipinski definition) is 4. The predicted molar refractivity (Wildman–Crippen MR) is 117 cm³/mol. The molecule has 1 unspecified atom stereocenters. The highest BCUT2D eigenvalue weighted by Gasteiger charge is 2.25. The van der Waals surface area contributed by atoms with Gasteiger partial charge in [0.2, 0.25) is 5.91 Å². The summed E-state index contributed by atoms with van der Waals surface area (Å²) in [5.41, 5.74) is 3.26. The van der Waals surface area contributed by atoms with Crippen molar-refractivity contribution in [2.45, 2.75) is 26.8 Å². The molecule has 6 heteroatoms. The number of benzene rings is 2. The molecule has 0 spiro atoms. The smallest absolute Gasteiger partial charge is 0.236 e. The van der Waals surface area contributed by atoms with E-state index in [1.54, 1.807) is 12.1 Å². The van der Waals surface area contributed by atoms with Crippen molar-refractivity contribution < 1.29 is 14.0 Å². The van der Waals surface area contributed by atoms with E-state index in [-0.39, 0.29) is 17.7 Å². The van der Waals surface area contributed by atoms with Gasteiger partial charge < -0.3 is 9.80 Å². The number of aryl methyl sites for hydroxylation is 1. The van der Waals surface area contributed by atoms with E-state index in [1.807, 2.05) is 16.8 Å². The van der Waals surface area contributed by atoms with Crippen LogP contribution >= 0.6 is 0 Å².